The molecule has 1 aliphatic rings. The number of carbonyl (C=O) groups is 1. The van der Waals surface area contributed by atoms with Crippen LogP contribution in [-0.2, 0) is 14.6 Å². The molecule has 0 aliphatic carbocycles. The Bertz CT molecular complexity index is 592. The van der Waals surface area contributed by atoms with Crippen molar-refractivity contribution in [1.29, 1.82) is 0 Å². The van der Waals surface area contributed by atoms with E-state index in [9.17, 15) is 13.2 Å². The van der Waals surface area contributed by atoms with Gasteiger partial charge < -0.3 is 9.47 Å². The second-order valence-electron chi connectivity index (χ2n) is 4.62. The third-order valence-corrected chi connectivity index (χ3v) is 4.93. The molecule has 110 valence electrons. The minimum atomic E-state index is -3.39. The summed E-state index contributed by atoms with van der Waals surface area (Å²) < 4.78 is 35.1. The van der Waals surface area contributed by atoms with Crippen molar-refractivity contribution in [2.24, 2.45) is 0 Å². The van der Waals surface area contributed by atoms with E-state index in [1.54, 1.807) is 13.0 Å². The number of rotatable bonds is 6. The maximum atomic E-state index is 12.2. The zero-order valence-electron chi connectivity index (χ0n) is 11.4. The van der Waals surface area contributed by atoms with Gasteiger partial charge in [-0.05, 0) is 18.6 Å². The van der Waals surface area contributed by atoms with Gasteiger partial charge in [0.1, 0.15) is 19.0 Å². The highest BCUT2D eigenvalue weighted by Crippen LogP contribution is 2.32. The molecular formula is C14H18O5S. The average molecular weight is 298 g/mol. The molecule has 0 saturated heterocycles. The van der Waals surface area contributed by atoms with E-state index in [2.05, 4.69) is 0 Å². The number of carbonyl (C=O) groups excluding carboxylic acids is 1. The summed E-state index contributed by atoms with van der Waals surface area (Å²) in [4.78, 5) is 11.4. The monoisotopic (exact) mass is 298 g/mol. The lowest BCUT2D eigenvalue weighted by atomic mass is 10.2. The molecular weight excluding hydrogens is 280 g/mol. The molecule has 2 rings (SSSR count). The van der Waals surface area contributed by atoms with Crippen molar-refractivity contribution in [3.8, 4) is 11.5 Å². The SMILES string of the molecule is CCC(=O)CCCS(=O)(=O)c1ccc2c(c1)OCCO2. The lowest BCUT2D eigenvalue weighted by molar-refractivity contribution is -0.118. The fourth-order valence-corrected chi connectivity index (χ4v) is 3.29. The Hall–Kier alpha value is -1.56. The topological polar surface area (TPSA) is 69.7 Å². The summed E-state index contributed by atoms with van der Waals surface area (Å²) in [5.74, 6) is 1.08. The molecule has 0 bridgehead atoms. The number of benzene rings is 1. The molecule has 1 aromatic carbocycles. The summed E-state index contributed by atoms with van der Waals surface area (Å²) in [7, 11) is -3.39. The van der Waals surface area contributed by atoms with Crippen LogP contribution in [0, 0.1) is 0 Å². The Labute approximate surface area is 118 Å². The van der Waals surface area contributed by atoms with E-state index < -0.39 is 9.84 Å². The number of Topliss-reactive ketones (excluding diaryl/α,β-unsaturated/α-hetero) is 1. The van der Waals surface area contributed by atoms with Crippen molar-refractivity contribution >= 4 is 15.6 Å². The summed E-state index contributed by atoms with van der Waals surface area (Å²) in [6.07, 6.45) is 1.10. The molecule has 0 fully saturated rings. The number of ether oxygens (including phenoxy) is 2. The molecule has 1 aliphatic heterocycles. The van der Waals surface area contributed by atoms with Crippen LogP contribution in [0.5, 0.6) is 11.5 Å². The van der Waals surface area contributed by atoms with E-state index in [4.69, 9.17) is 9.47 Å². The minimum Gasteiger partial charge on any atom is -0.486 e. The molecule has 0 radical (unpaired) electrons. The van der Waals surface area contributed by atoms with Gasteiger partial charge in [-0.3, -0.25) is 4.79 Å². The maximum absolute atomic E-state index is 12.2. The predicted molar refractivity (Wildman–Crippen MR) is 74.0 cm³/mol. The van der Waals surface area contributed by atoms with Gasteiger partial charge in [-0.1, -0.05) is 6.92 Å². The fourth-order valence-electron chi connectivity index (χ4n) is 1.97. The average Bonchev–Trinajstić information content (AvgIpc) is 2.46. The summed E-state index contributed by atoms with van der Waals surface area (Å²) >= 11 is 0. The van der Waals surface area contributed by atoms with Crippen molar-refractivity contribution in [1.82, 2.24) is 0 Å². The summed E-state index contributed by atoms with van der Waals surface area (Å²) in [5.41, 5.74) is 0. The summed E-state index contributed by atoms with van der Waals surface area (Å²) in [5, 5.41) is 0. The number of hydrogen-bond donors (Lipinski definition) is 0. The van der Waals surface area contributed by atoms with Crippen LogP contribution in [0.25, 0.3) is 0 Å². The first-order valence-electron chi connectivity index (χ1n) is 6.67. The number of hydrogen-bond acceptors (Lipinski definition) is 5. The quantitative estimate of drug-likeness (QED) is 0.803. The third kappa shape index (κ3) is 3.50. The van der Waals surface area contributed by atoms with Gasteiger partial charge in [-0.15, -0.1) is 0 Å². The molecule has 0 aromatic heterocycles. The van der Waals surface area contributed by atoms with Crippen LogP contribution in [0.1, 0.15) is 26.2 Å². The Morgan fingerprint density at radius 2 is 1.90 bits per heavy atom. The highest BCUT2D eigenvalue weighted by atomic mass is 32.2. The number of ketones is 1. The van der Waals surface area contributed by atoms with Gasteiger partial charge in [0.25, 0.3) is 0 Å². The summed E-state index contributed by atoms with van der Waals surface area (Å²) in [6.45, 7) is 2.66. The molecule has 0 N–H and O–H groups in total. The van der Waals surface area contributed by atoms with E-state index in [0.29, 0.717) is 44.0 Å². The Morgan fingerprint density at radius 1 is 1.20 bits per heavy atom. The molecule has 1 aromatic rings. The number of fused-ring (bicyclic) bond motifs is 1. The Balaban J connectivity index is 2.07. The van der Waals surface area contributed by atoms with Crippen LogP contribution < -0.4 is 9.47 Å². The van der Waals surface area contributed by atoms with E-state index in [0.717, 1.165) is 0 Å². The van der Waals surface area contributed by atoms with Crippen LogP contribution in [0.2, 0.25) is 0 Å². The minimum absolute atomic E-state index is 0.0294. The molecule has 5 nitrogen and oxygen atoms in total. The van der Waals surface area contributed by atoms with Gasteiger partial charge in [-0.2, -0.15) is 0 Å². The van der Waals surface area contributed by atoms with Crippen molar-refractivity contribution in [2.75, 3.05) is 19.0 Å². The Kier molecular flexibility index (Phi) is 4.65. The number of sulfone groups is 1. The van der Waals surface area contributed by atoms with E-state index in [1.165, 1.54) is 12.1 Å². The highest BCUT2D eigenvalue weighted by molar-refractivity contribution is 7.91. The molecule has 0 atom stereocenters. The molecule has 0 spiro atoms. The standard InChI is InChI=1S/C14H18O5S/c1-2-11(15)4-3-9-20(16,17)12-5-6-13-14(10-12)19-8-7-18-13/h5-6,10H,2-4,7-9H2,1H3. The van der Waals surface area contributed by atoms with E-state index in [-0.39, 0.29) is 16.4 Å². The van der Waals surface area contributed by atoms with Crippen molar-refractivity contribution in [3.63, 3.8) is 0 Å². The lowest BCUT2D eigenvalue weighted by Gasteiger charge is -2.18. The van der Waals surface area contributed by atoms with Crippen LogP contribution in [0.3, 0.4) is 0 Å². The molecule has 0 unspecified atom stereocenters. The first-order chi connectivity index (χ1) is 9.53. The first kappa shape index (κ1) is 14.8. The molecule has 20 heavy (non-hydrogen) atoms. The van der Waals surface area contributed by atoms with Crippen LogP contribution >= 0.6 is 0 Å². The van der Waals surface area contributed by atoms with Gasteiger partial charge in [-0.25, -0.2) is 8.42 Å². The normalized spacial score (nSPS) is 14.1. The first-order valence-corrected chi connectivity index (χ1v) is 8.32. The fraction of sp³-hybridized carbons (Fsp3) is 0.500. The largest absolute Gasteiger partial charge is 0.486 e. The van der Waals surface area contributed by atoms with Crippen molar-refractivity contribution in [3.05, 3.63) is 18.2 Å². The van der Waals surface area contributed by atoms with E-state index >= 15 is 0 Å². The van der Waals surface area contributed by atoms with Crippen molar-refractivity contribution < 1.29 is 22.7 Å². The van der Waals surface area contributed by atoms with Gasteiger partial charge in [0.05, 0.1) is 10.6 Å². The Morgan fingerprint density at radius 3 is 2.60 bits per heavy atom. The highest BCUT2D eigenvalue weighted by Gasteiger charge is 2.19. The van der Waals surface area contributed by atoms with Crippen LogP contribution in [-0.4, -0.2) is 33.2 Å². The zero-order chi connectivity index (χ0) is 14.6. The second kappa shape index (κ2) is 6.26. The maximum Gasteiger partial charge on any atom is 0.178 e. The second-order valence-corrected chi connectivity index (χ2v) is 6.73. The lowest BCUT2D eigenvalue weighted by Crippen LogP contribution is -2.16. The summed E-state index contributed by atoms with van der Waals surface area (Å²) in [6, 6.07) is 4.62. The van der Waals surface area contributed by atoms with Gasteiger partial charge in [0, 0.05) is 18.9 Å². The van der Waals surface area contributed by atoms with E-state index in [1.807, 2.05) is 0 Å². The molecule has 1 heterocycles. The molecule has 6 heteroatoms. The van der Waals surface area contributed by atoms with Crippen LogP contribution in [0.4, 0.5) is 0 Å². The smallest absolute Gasteiger partial charge is 0.178 e. The molecule has 0 amide bonds. The third-order valence-electron chi connectivity index (χ3n) is 3.14. The van der Waals surface area contributed by atoms with Gasteiger partial charge >= 0.3 is 0 Å². The molecule has 0 saturated carbocycles. The van der Waals surface area contributed by atoms with Crippen LogP contribution in [0.15, 0.2) is 23.1 Å². The van der Waals surface area contributed by atoms with Gasteiger partial charge in [0.15, 0.2) is 21.3 Å². The van der Waals surface area contributed by atoms with Gasteiger partial charge in [0.2, 0.25) is 0 Å². The zero-order valence-corrected chi connectivity index (χ0v) is 12.2. The van der Waals surface area contributed by atoms with Crippen molar-refractivity contribution in [2.45, 2.75) is 31.1 Å². The predicted octanol–water partition coefficient (Wildman–Crippen LogP) is 1.99.